The van der Waals surface area contributed by atoms with E-state index in [9.17, 15) is 4.79 Å². The summed E-state index contributed by atoms with van der Waals surface area (Å²) in [6, 6.07) is 10.5. The first-order valence-electron chi connectivity index (χ1n) is 5.06. The molecular weight excluding hydrogens is 238 g/mol. The number of hydrogen-bond acceptors (Lipinski definition) is 3. The van der Waals surface area contributed by atoms with Crippen LogP contribution in [0.5, 0.6) is 0 Å². The number of nitrogens with zero attached hydrogens (tertiary/aromatic N) is 2. The third-order valence-corrected chi connectivity index (χ3v) is 2.26. The van der Waals surface area contributed by atoms with Gasteiger partial charge in [0.25, 0.3) is 0 Å². The summed E-state index contributed by atoms with van der Waals surface area (Å²) in [7, 11) is 0. The molecule has 86 valence electrons. The van der Waals surface area contributed by atoms with Gasteiger partial charge in [0.05, 0.1) is 6.42 Å². The number of nitrogens with one attached hydrogen (secondary N) is 1. The van der Waals surface area contributed by atoms with Crippen LogP contribution in [0, 0.1) is 0 Å². The molecule has 1 amide bonds. The third kappa shape index (κ3) is 3.53. The minimum atomic E-state index is -0.168. The Morgan fingerprint density at radius 3 is 2.82 bits per heavy atom. The highest BCUT2D eigenvalue weighted by Gasteiger charge is 2.05. The van der Waals surface area contributed by atoms with Crippen LogP contribution in [0.3, 0.4) is 0 Å². The lowest BCUT2D eigenvalue weighted by atomic mass is 10.2. The van der Waals surface area contributed by atoms with E-state index in [0.29, 0.717) is 16.7 Å². The lowest BCUT2D eigenvalue weighted by molar-refractivity contribution is -0.115. The summed E-state index contributed by atoms with van der Waals surface area (Å²) >= 11 is 5.71. The number of carbonyl (C=O) groups excluding carboxylic acids is 1. The largest absolute Gasteiger partial charge is 0.310 e. The summed E-state index contributed by atoms with van der Waals surface area (Å²) in [6.07, 6.45) is 1.87. The van der Waals surface area contributed by atoms with Gasteiger partial charge in [-0.25, -0.2) is 4.98 Å². The van der Waals surface area contributed by atoms with E-state index in [2.05, 4.69) is 15.3 Å². The normalized spacial score (nSPS) is 9.94. The van der Waals surface area contributed by atoms with Gasteiger partial charge in [0, 0.05) is 11.9 Å². The average Bonchev–Trinajstić information content (AvgIpc) is 2.30. The van der Waals surface area contributed by atoms with E-state index in [1.807, 2.05) is 6.07 Å². The predicted octanol–water partition coefficient (Wildman–Crippen LogP) is 2.31. The molecule has 0 unspecified atom stereocenters. The van der Waals surface area contributed by atoms with Crippen LogP contribution < -0.4 is 5.32 Å². The number of rotatable bonds is 3. The fourth-order valence-corrected chi connectivity index (χ4v) is 1.50. The molecule has 2 heterocycles. The van der Waals surface area contributed by atoms with Crippen LogP contribution in [0.15, 0.2) is 42.6 Å². The molecule has 0 fully saturated rings. The fraction of sp³-hybridized carbons (Fsp3) is 0.0833. The Balaban J connectivity index is 1.98. The number of amides is 1. The Morgan fingerprint density at radius 2 is 2.12 bits per heavy atom. The molecule has 0 radical (unpaired) electrons. The molecule has 2 aromatic heterocycles. The minimum Gasteiger partial charge on any atom is -0.310 e. The molecule has 0 aromatic carbocycles. The first-order chi connectivity index (χ1) is 8.24. The Hall–Kier alpha value is -1.94. The fourth-order valence-electron chi connectivity index (χ4n) is 1.33. The molecule has 0 saturated carbocycles. The Morgan fingerprint density at radius 1 is 1.24 bits per heavy atom. The van der Waals surface area contributed by atoms with Crippen molar-refractivity contribution >= 4 is 23.3 Å². The van der Waals surface area contributed by atoms with Gasteiger partial charge in [-0.1, -0.05) is 23.7 Å². The highest BCUT2D eigenvalue weighted by molar-refractivity contribution is 6.29. The Bertz CT molecular complexity index is 516. The monoisotopic (exact) mass is 247 g/mol. The maximum atomic E-state index is 11.7. The van der Waals surface area contributed by atoms with Crippen molar-refractivity contribution in [1.82, 2.24) is 9.97 Å². The van der Waals surface area contributed by atoms with Crippen molar-refractivity contribution in [2.45, 2.75) is 6.42 Å². The zero-order valence-corrected chi connectivity index (χ0v) is 9.69. The summed E-state index contributed by atoms with van der Waals surface area (Å²) in [5.74, 6) is 0.275. The smallest absolute Gasteiger partial charge is 0.231 e. The van der Waals surface area contributed by atoms with Crippen molar-refractivity contribution in [3.63, 3.8) is 0 Å². The van der Waals surface area contributed by atoms with Crippen LogP contribution in [0.25, 0.3) is 0 Å². The van der Waals surface area contributed by atoms with Gasteiger partial charge in [0.2, 0.25) is 5.91 Å². The van der Waals surface area contributed by atoms with Gasteiger partial charge >= 0.3 is 0 Å². The molecule has 1 N–H and O–H groups in total. The minimum absolute atomic E-state index is 0.168. The molecule has 0 aliphatic carbocycles. The second-order valence-corrected chi connectivity index (χ2v) is 3.78. The highest BCUT2D eigenvalue weighted by atomic mass is 35.5. The first kappa shape index (κ1) is 11.5. The topological polar surface area (TPSA) is 54.9 Å². The maximum Gasteiger partial charge on any atom is 0.231 e. The van der Waals surface area contributed by atoms with E-state index in [1.165, 1.54) is 0 Å². The van der Waals surface area contributed by atoms with Gasteiger partial charge in [-0.3, -0.25) is 9.78 Å². The van der Waals surface area contributed by atoms with Gasteiger partial charge in [-0.2, -0.15) is 0 Å². The lowest BCUT2D eigenvalue weighted by Gasteiger charge is -2.03. The molecule has 2 aromatic rings. The van der Waals surface area contributed by atoms with Crippen molar-refractivity contribution in [1.29, 1.82) is 0 Å². The van der Waals surface area contributed by atoms with Gasteiger partial charge in [-0.15, -0.1) is 0 Å². The lowest BCUT2D eigenvalue weighted by Crippen LogP contribution is -2.15. The van der Waals surface area contributed by atoms with Crippen molar-refractivity contribution in [3.8, 4) is 0 Å². The van der Waals surface area contributed by atoms with Crippen LogP contribution in [0.1, 0.15) is 5.69 Å². The molecule has 0 spiro atoms. The maximum absolute atomic E-state index is 11.7. The van der Waals surface area contributed by atoms with E-state index < -0.39 is 0 Å². The van der Waals surface area contributed by atoms with Gasteiger partial charge < -0.3 is 5.32 Å². The number of hydrogen-bond donors (Lipinski definition) is 1. The third-order valence-electron chi connectivity index (χ3n) is 2.05. The summed E-state index contributed by atoms with van der Waals surface area (Å²) in [6.45, 7) is 0. The number of carbonyl (C=O) groups is 1. The molecule has 0 saturated heterocycles. The summed E-state index contributed by atoms with van der Waals surface area (Å²) in [5, 5.41) is 3.00. The number of aromatic nitrogens is 2. The number of halogens is 1. The Labute approximate surface area is 104 Å². The zero-order chi connectivity index (χ0) is 12.1. The van der Waals surface area contributed by atoms with E-state index in [1.54, 1.807) is 36.5 Å². The van der Waals surface area contributed by atoms with E-state index in [-0.39, 0.29) is 12.3 Å². The SMILES string of the molecule is O=C(Cc1ccccn1)Nc1cccc(Cl)n1. The van der Waals surface area contributed by atoms with E-state index in [4.69, 9.17) is 11.6 Å². The Kier molecular flexibility index (Phi) is 3.67. The van der Waals surface area contributed by atoms with Gasteiger partial charge in [-0.05, 0) is 24.3 Å². The summed E-state index contributed by atoms with van der Waals surface area (Å²) in [4.78, 5) is 19.7. The first-order valence-corrected chi connectivity index (χ1v) is 5.44. The van der Waals surface area contributed by atoms with Crippen molar-refractivity contribution < 1.29 is 4.79 Å². The molecule has 5 heteroatoms. The van der Waals surface area contributed by atoms with Gasteiger partial charge in [0.15, 0.2) is 0 Å². The molecule has 0 atom stereocenters. The molecule has 0 aliphatic heterocycles. The van der Waals surface area contributed by atoms with E-state index >= 15 is 0 Å². The standard InChI is InChI=1S/C12H10ClN3O/c13-10-5-3-6-11(15-10)16-12(17)8-9-4-1-2-7-14-9/h1-7H,8H2,(H,15,16,17). The van der Waals surface area contributed by atoms with Crippen molar-refractivity contribution in [2.75, 3.05) is 5.32 Å². The predicted molar refractivity (Wildman–Crippen MR) is 65.8 cm³/mol. The molecule has 17 heavy (non-hydrogen) atoms. The second-order valence-electron chi connectivity index (χ2n) is 3.39. The van der Waals surface area contributed by atoms with Crippen LogP contribution in [-0.4, -0.2) is 15.9 Å². The average molecular weight is 248 g/mol. The molecule has 0 aliphatic rings. The number of anilines is 1. The van der Waals surface area contributed by atoms with Crippen molar-refractivity contribution in [2.24, 2.45) is 0 Å². The molecule has 0 bridgehead atoms. The summed E-state index contributed by atoms with van der Waals surface area (Å²) in [5.41, 5.74) is 0.715. The zero-order valence-electron chi connectivity index (χ0n) is 8.93. The van der Waals surface area contributed by atoms with E-state index in [0.717, 1.165) is 0 Å². The second kappa shape index (κ2) is 5.41. The molecule has 4 nitrogen and oxygen atoms in total. The van der Waals surface area contributed by atoms with Crippen LogP contribution in [-0.2, 0) is 11.2 Å². The van der Waals surface area contributed by atoms with Crippen LogP contribution in [0.4, 0.5) is 5.82 Å². The van der Waals surface area contributed by atoms with Gasteiger partial charge in [0.1, 0.15) is 11.0 Å². The molecule has 2 rings (SSSR count). The summed E-state index contributed by atoms with van der Waals surface area (Å²) < 4.78 is 0. The highest BCUT2D eigenvalue weighted by Crippen LogP contribution is 2.09. The van der Waals surface area contributed by atoms with Crippen LogP contribution >= 0.6 is 11.6 Å². The van der Waals surface area contributed by atoms with Crippen molar-refractivity contribution in [3.05, 3.63) is 53.4 Å². The van der Waals surface area contributed by atoms with Crippen LogP contribution in [0.2, 0.25) is 5.15 Å². The quantitative estimate of drug-likeness (QED) is 0.847. The number of pyridine rings is 2. The molecular formula is C12H10ClN3O.